The zero-order valence-corrected chi connectivity index (χ0v) is 15.2. The van der Waals surface area contributed by atoms with Gasteiger partial charge in [0, 0.05) is 38.4 Å². The molecule has 134 valence electrons. The molecule has 1 saturated heterocycles. The summed E-state index contributed by atoms with van der Waals surface area (Å²) in [5, 5.41) is 4.59. The molecule has 0 bridgehead atoms. The molecule has 0 radical (unpaired) electrons. The second-order valence-corrected chi connectivity index (χ2v) is 9.07. The lowest BCUT2D eigenvalue weighted by atomic mass is 10.1. The van der Waals surface area contributed by atoms with Crippen molar-refractivity contribution in [2.75, 3.05) is 31.1 Å². The molecule has 1 atom stereocenters. The maximum absolute atomic E-state index is 11.3. The summed E-state index contributed by atoms with van der Waals surface area (Å²) in [5.74, 6) is 0.980. The van der Waals surface area contributed by atoms with Gasteiger partial charge in [-0.05, 0) is 37.8 Å². The number of aromatic nitrogens is 1. The van der Waals surface area contributed by atoms with Crippen molar-refractivity contribution >= 4 is 15.8 Å². The summed E-state index contributed by atoms with van der Waals surface area (Å²) in [5.41, 5.74) is 0.907. The van der Waals surface area contributed by atoms with Gasteiger partial charge < -0.3 is 4.90 Å². The highest BCUT2D eigenvalue weighted by Gasteiger charge is 2.26. The van der Waals surface area contributed by atoms with Crippen LogP contribution in [0.4, 0.5) is 5.82 Å². The number of primary sulfonamides is 1. The number of hydrogen-bond donors (Lipinski definition) is 1. The highest BCUT2D eigenvalue weighted by molar-refractivity contribution is 7.89. The Balaban J connectivity index is 1.54. The van der Waals surface area contributed by atoms with Gasteiger partial charge in [0.25, 0.3) is 0 Å². The van der Waals surface area contributed by atoms with E-state index in [2.05, 4.69) is 14.8 Å². The van der Waals surface area contributed by atoms with E-state index in [9.17, 15) is 8.42 Å². The minimum atomic E-state index is -3.49. The molecule has 6 nitrogen and oxygen atoms in total. The van der Waals surface area contributed by atoms with E-state index in [0.717, 1.165) is 43.6 Å². The van der Waals surface area contributed by atoms with Gasteiger partial charge >= 0.3 is 0 Å². The fourth-order valence-corrected chi connectivity index (χ4v) is 4.18. The van der Waals surface area contributed by atoms with Crippen LogP contribution in [0.2, 0.25) is 0 Å². The van der Waals surface area contributed by atoms with E-state index < -0.39 is 15.3 Å². The minimum absolute atomic E-state index is 0.404. The van der Waals surface area contributed by atoms with Crippen molar-refractivity contribution in [1.82, 2.24) is 9.88 Å². The molecule has 2 heterocycles. The third-order valence-electron chi connectivity index (χ3n) is 5.37. The van der Waals surface area contributed by atoms with E-state index in [4.69, 9.17) is 5.14 Å². The van der Waals surface area contributed by atoms with Gasteiger partial charge in [0.15, 0.2) is 0 Å². The maximum Gasteiger partial charge on any atom is 0.212 e. The largest absolute Gasteiger partial charge is 0.354 e. The number of pyridine rings is 1. The zero-order valence-electron chi connectivity index (χ0n) is 14.4. The molecule has 1 saturated carbocycles. The smallest absolute Gasteiger partial charge is 0.212 e. The Morgan fingerprint density at radius 3 is 2.42 bits per heavy atom. The van der Waals surface area contributed by atoms with Crippen molar-refractivity contribution < 1.29 is 8.42 Å². The summed E-state index contributed by atoms with van der Waals surface area (Å²) in [6, 6.07) is 4.76. The monoisotopic (exact) mass is 352 g/mol. The van der Waals surface area contributed by atoms with Crippen molar-refractivity contribution in [3.05, 3.63) is 23.9 Å². The first-order valence-corrected chi connectivity index (χ1v) is 10.5. The Hall–Kier alpha value is -1.18. The minimum Gasteiger partial charge on any atom is -0.354 e. The lowest BCUT2D eigenvalue weighted by molar-refractivity contribution is 0.187. The molecular formula is C17H28N4O2S. The van der Waals surface area contributed by atoms with E-state index >= 15 is 0 Å². The van der Waals surface area contributed by atoms with Crippen LogP contribution in [-0.4, -0.2) is 55.8 Å². The molecule has 24 heavy (non-hydrogen) atoms. The molecule has 2 N–H and O–H groups in total. The number of anilines is 1. The predicted molar refractivity (Wildman–Crippen MR) is 96.6 cm³/mol. The van der Waals surface area contributed by atoms with Gasteiger partial charge in [-0.3, -0.25) is 4.90 Å². The molecular weight excluding hydrogens is 324 g/mol. The first-order valence-electron chi connectivity index (χ1n) is 8.89. The number of rotatable bonds is 5. The van der Waals surface area contributed by atoms with Crippen LogP contribution in [-0.2, 0) is 16.4 Å². The fourth-order valence-electron chi connectivity index (χ4n) is 3.76. The van der Waals surface area contributed by atoms with Crippen molar-refractivity contribution in [1.29, 1.82) is 0 Å². The molecule has 0 amide bonds. The molecule has 1 aromatic rings. The summed E-state index contributed by atoms with van der Waals surface area (Å²) >= 11 is 0. The van der Waals surface area contributed by atoms with Crippen molar-refractivity contribution in [3.8, 4) is 0 Å². The molecule has 1 aromatic heterocycles. The number of sulfonamides is 1. The Morgan fingerprint density at radius 2 is 1.88 bits per heavy atom. The summed E-state index contributed by atoms with van der Waals surface area (Å²) in [7, 11) is -3.49. The van der Waals surface area contributed by atoms with Crippen molar-refractivity contribution in [3.63, 3.8) is 0 Å². The molecule has 0 aromatic carbocycles. The highest BCUT2D eigenvalue weighted by atomic mass is 32.2. The van der Waals surface area contributed by atoms with E-state index in [1.54, 1.807) is 13.1 Å². The van der Waals surface area contributed by atoms with Crippen LogP contribution in [0, 0.1) is 0 Å². The highest BCUT2D eigenvalue weighted by Crippen LogP contribution is 2.25. The van der Waals surface area contributed by atoms with Crippen LogP contribution >= 0.6 is 0 Å². The van der Waals surface area contributed by atoms with Gasteiger partial charge in [-0.2, -0.15) is 0 Å². The van der Waals surface area contributed by atoms with Gasteiger partial charge in [0.05, 0.1) is 5.25 Å². The van der Waals surface area contributed by atoms with Crippen molar-refractivity contribution in [2.45, 2.75) is 50.3 Å². The van der Waals surface area contributed by atoms with Gasteiger partial charge in [0.2, 0.25) is 10.0 Å². The molecule has 1 aliphatic carbocycles. The Morgan fingerprint density at radius 1 is 1.21 bits per heavy atom. The summed E-state index contributed by atoms with van der Waals surface area (Å²) < 4.78 is 22.7. The standard InChI is InChI=1S/C17H28N4O2S/c1-14(24(18,22)23)12-15-6-7-17(19-13-15)21-10-8-20(9-11-21)16-4-2-3-5-16/h6-7,13-14,16H,2-5,8-12H2,1H3,(H2,18,22,23). The van der Waals surface area contributed by atoms with Crippen LogP contribution in [0.1, 0.15) is 38.2 Å². The second-order valence-electron chi connectivity index (χ2n) is 7.09. The average Bonchev–Trinajstić information content (AvgIpc) is 3.09. The third-order valence-corrected chi connectivity index (χ3v) is 6.66. The van der Waals surface area contributed by atoms with Crippen LogP contribution in [0.3, 0.4) is 0 Å². The number of nitrogens with two attached hydrogens (primary N) is 1. The lowest BCUT2D eigenvalue weighted by Gasteiger charge is -2.38. The fraction of sp³-hybridized carbons (Fsp3) is 0.706. The lowest BCUT2D eigenvalue weighted by Crippen LogP contribution is -2.50. The molecule has 1 unspecified atom stereocenters. The zero-order chi connectivity index (χ0) is 17.2. The third kappa shape index (κ3) is 4.26. The Kier molecular flexibility index (Phi) is 5.42. The molecule has 2 fully saturated rings. The Bertz CT molecular complexity index is 633. The van der Waals surface area contributed by atoms with E-state index in [0.29, 0.717) is 6.42 Å². The normalized spacial score (nSPS) is 22.0. The van der Waals surface area contributed by atoms with E-state index in [1.165, 1.54) is 25.7 Å². The van der Waals surface area contributed by atoms with Crippen LogP contribution < -0.4 is 10.0 Å². The number of hydrogen-bond acceptors (Lipinski definition) is 5. The molecule has 0 spiro atoms. The summed E-state index contributed by atoms with van der Waals surface area (Å²) in [6.45, 7) is 5.87. The van der Waals surface area contributed by atoms with E-state index in [1.807, 2.05) is 12.1 Å². The van der Waals surface area contributed by atoms with E-state index in [-0.39, 0.29) is 0 Å². The quantitative estimate of drug-likeness (QED) is 0.866. The number of nitrogens with zero attached hydrogens (tertiary/aromatic N) is 3. The first kappa shape index (κ1) is 17.6. The first-order chi connectivity index (χ1) is 11.4. The maximum atomic E-state index is 11.3. The van der Waals surface area contributed by atoms with Crippen molar-refractivity contribution in [2.24, 2.45) is 5.14 Å². The molecule has 7 heteroatoms. The van der Waals surface area contributed by atoms with Gasteiger partial charge in [-0.25, -0.2) is 18.5 Å². The molecule has 2 aliphatic rings. The SMILES string of the molecule is CC(Cc1ccc(N2CCN(C3CCCC3)CC2)nc1)S(N)(=O)=O. The summed E-state index contributed by atoms with van der Waals surface area (Å²) in [4.78, 5) is 9.48. The number of piperazine rings is 1. The molecule has 3 rings (SSSR count). The predicted octanol–water partition coefficient (Wildman–Crippen LogP) is 1.37. The summed E-state index contributed by atoms with van der Waals surface area (Å²) in [6.07, 6.45) is 7.65. The van der Waals surface area contributed by atoms with Crippen LogP contribution in [0.5, 0.6) is 0 Å². The van der Waals surface area contributed by atoms with Gasteiger partial charge in [-0.1, -0.05) is 18.9 Å². The van der Waals surface area contributed by atoms with Crippen LogP contribution in [0.25, 0.3) is 0 Å². The second kappa shape index (κ2) is 7.37. The van der Waals surface area contributed by atoms with Crippen LogP contribution in [0.15, 0.2) is 18.3 Å². The average molecular weight is 353 g/mol. The molecule has 1 aliphatic heterocycles. The van der Waals surface area contributed by atoms with Gasteiger partial charge in [0.1, 0.15) is 5.82 Å². The Labute approximate surface area is 145 Å². The topological polar surface area (TPSA) is 79.5 Å². The van der Waals surface area contributed by atoms with Gasteiger partial charge in [-0.15, -0.1) is 0 Å².